The third kappa shape index (κ3) is 4.68. The van der Waals surface area contributed by atoms with Gasteiger partial charge in [0, 0.05) is 6.42 Å². The molecule has 1 amide bonds. The van der Waals surface area contributed by atoms with E-state index in [1.165, 1.54) is 0 Å². The Labute approximate surface area is 70.9 Å². The van der Waals surface area contributed by atoms with Gasteiger partial charge in [0.25, 0.3) is 0 Å². The van der Waals surface area contributed by atoms with Crippen molar-refractivity contribution in [3.05, 3.63) is 0 Å². The number of amides is 1. The highest BCUT2D eigenvalue weighted by molar-refractivity contribution is 5.77. The summed E-state index contributed by atoms with van der Waals surface area (Å²) in [5.41, 5.74) is 4.88. The topological polar surface area (TPSA) is 92.4 Å². The minimum absolute atomic E-state index is 0.101. The number of rotatable bonds is 6. The van der Waals surface area contributed by atoms with Gasteiger partial charge in [-0.3, -0.25) is 9.59 Å². The zero-order valence-electron chi connectivity index (χ0n) is 7.04. The van der Waals surface area contributed by atoms with Crippen molar-refractivity contribution < 1.29 is 14.7 Å². The Bertz CT molecular complexity index is 170. The molecule has 0 aliphatic heterocycles. The lowest BCUT2D eigenvalue weighted by Crippen LogP contribution is -2.37. The van der Waals surface area contributed by atoms with Gasteiger partial charge in [-0.2, -0.15) is 0 Å². The molecule has 0 bridgehead atoms. The number of aliphatic carboxylic acids is 1. The van der Waals surface area contributed by atoms with Gasteiger partial charge in [0.2, 0.25) is 5.91 Å². The molecule has 0 aromatic heterocycles. The standard InChI is InChI=1S/C7H14N2O3/c1-2-9-5(7(11)12)3-4-6(8)10/h5,9H,2-4H2,1H3,(H2,8,10)(H,11,12)/t5-/m0/s1. The molecular formula is C7H14N2O3. The maximum atomic E-state index is 10.5. The molecule has 0 fully saturated rings. The van der Waals surface area contributed by atoms with Crippen LogP contribution in [0.4, 0.5) is 0 Å². The van der Waals surface area contributed by atoms with Crippen LogP contribution in [0.2, 0.25) is 0 Å². The van der Waals surface area contributed by atoms with Crippen LogP contribution in [0.15, 0.2) is 0 Å². The van der Waals surface area contributed by atoms with Gasteiger partial charge in [0.15, 0.2) is 0 Å². The quantitative estimate of drug-likeness (QED) is 0.497. The van der Waals surface area contributed by atoms with Crippen LogP contribution < -0.4 is 11.1 Å². The molecule has 0 heterocycles. The van der Waals surface area contributed by atoms with E-state index in [0.29, 0.717) is 6.54 Å². The average molecular weight is 174 g/mol. The summed E-state index contributed by atoms with van der Waals surface area (Å²) in [4.78, 5) is 20.8. The van der Waals surface area contributed by atoms with Gasteiger partial charge in [-0.05, 0) is 13.0 Å². The fraction of sp³-hybridized carbons (Fsp3) is 0.714. The molecule has 1 atom stereocenters. The number of carbonyl (C=O) groups is 2. The molecular weight excluding hydrogens is 160 g/mol. The number of hydrogen-bond donors (Lipinski definition) is 3. The van der Waals surface area contributed by atoms with Crippen LogP contribution in [0, 0.1) is 0 Å². The van der Waals surface area contributed by atoms with Crippen molar-refractivity contribution >= 4 is 11.9 Å². The molecule has 4 N–H and O–H groups in total. The third-order valence-corrected chi connectivity index (χ3v) is 1.43. The molecule has 0 rings (SSSR count). The summed E-state index contributed by atoms with van der Waals surface area (Å²) >= 11 is 0. The lowest BCUT2D eigenvalue weighted by atomic mass is 10.1. The number of primary amides is 1. The van der Waals surface area contributed by atoms with E-state index in [1.807, 2.05) is 0 Å². The molecule has 70 valence electrons. The van der Waals surface area contributed by atoms with Crippen molar-refractivity contribution in [2.45, 2.75) is 25.8 Å². The first-order valence-electron chi connectivity index (χ1n) is 3.82. The fourth-order valence-electron chi connectivity index (χ4n) is 0.846. The maximum Gasteiger partial charge on any atom is 0.320 e. The van der Waals surface area contributed by atoms with Crippen LogP contribution in [0.25, 0.3) is 0 Å². The highest BCUT2D eigenvalue weighted by atomic mass is 16.4. The highest BCUT2D eigenvalue weighted by Gasteiger charge is 2.15. The molecule has 12 heavy (non-hydrogen) atoms. The van der Waals surface area contributed by atoms with Gasteiger partial charge >= 0.3 is 5.97 Å². The predicted octanol–water partition coefficient (Wildman–Crippen LogP) is -0.685. The lowest BCUT2D eigenvalue weighted by molar-refractivity contribution is -0.139. The van der Waals surface area contributed by atoms with Crippen molar-refractivity contribution in [2.75, 3.05) is 6.54 Å². The summed E-state index contributed by atoms with van der Waals surface area (Å²) < 4.78 is 0. The number of nitrogens with one attached hydrogen (secondary N) is 1. The lowest BCUT2D eigenvalue weighted by Gasteiger charge is -2.10. The van der Waals surface area contributed by atoms with E-state index in [4.69, 9.17) is 10.8 Å². The first-order chi connectivity index (χ1) is 5.57. The number of hydrogen-bond acceptors (Lipinski definition) is 3. The van der Waals surface area contributed by atoms with Crippen LogP contribution in [0.1, 0.15) is 19.8 Å². The zero-order valence-corrected chi connectivity index (χ0v) is 7.04. The summed E-state index contributed by atoms with van der Waals surface area (Å²) in [5, 5.41) is 11.3. The van der Waals surface area contributed by atoms with Crippen molar-refractivity contribution in [1.82, 2.24) is 5.32 Å². The highest BCUT2D eigenvalue weighted by Crippen LogP contribution is 1.96. The summed E-state index contributed by atoms with van der Waals surface area (Å²) in [6.45, 7) is 2.37. The van der Waals surface area contributed by atoms with Gasteiger partial charge in [-0.25, -0.2) is 0 Å². The van der Waals surface area contributed by atoms with Crippen molar-refractivity contribution in [3.63, 3.8) is 0 Å². The van der Waals surface area contributed by atoms with E-state index < -0.39 is 17.9 Å². The SMILES string of the molecule is CCN[C@@H](CCC(N)=O)C(=O)O. The summed E-state index contributed by atoms with van der Waals surface area (Å²) in [5.74, 6) is -1.42. The van der Waals surface area contributed by atoms with Gasteiger partial charge in [-0.1, -0.05) is 6.92 Å². The molecule has 0 spiro atoms. The molecule has 0 aromatic rings. The van der Waals surface area contributed by atoms with Crippen molar-refractivity contribution in [3.8, 4) is 0 Å². The minimum Gasteiger partial charge on any atom is -0.480 e. The fourth-order valence-corrected chi connectivity index (χ4v) is 0.846. The Morgan fingerprint density at radius 1 is 1.58 bits per heavy atom. The molecule has 0 aromatic carbocycles. The van der Waals surface area contributed by atoms with E-state index in [9.17, 15) is 9.59 Å². The molecule has 5 nitrogen and oxygen atoms in total. The van der Waals surface area contributed by atoms with E-state index in [-0.39, 0.29) is 12.8 Å². The molecule has 0 aliphatic carbocycles. The van der Waals surface area contributed by atoms with Gasteiger partial charge in [-0.15, -0.1) is 0 Å². The van der Waals surface area contributed by atoms with Crippen LogP contribution in [0.5, 0.6) is 0 Å². The first-order valence-corrected chi connectivity index (χ1v) is 3.82. The first kappa shape index (κ1) is 10.9. The Morgan fingerprint density at radius 2 is 2.17 bits per heavy atom. The maximum absolute atomic E-state index is 10.5. The molecule has 0 radical (unpaired) electrons. The van der Waals surface area contributed by atoms with E-state index in [0.717, 1.165) is 0 Å². The molecule has 0 saturated carbocycles. The number of nitrogens with two attached hydrogens (primary N) is 1. The second-order valence-corrected chi connectivity index (χ2v) is 2.45. The van der Waals surface area contributed by atoms with E-state index >= 15 is 0 Å². The second kappa shape index (κ2) is 5.54. The Balaban J connectivity index is 3.79. The second-order valence-electron chi connectivity index (χ2n) is 2.45. The van der Waals surface area contributed by atoms with Crippen LogP contribution in [-0.4, -0.2) is 29.6 Å². The third-order valence-electron chi connectivity index (χ3n) is 1.43. The molecule has 0 saturated heterocycles. The van der Waals surface area contributed by atoms with Crippen molar-refractivity contribution in [2.24, 2.45) is 5.73 Å². The Morgan fingerprint density at radius 3 is 2.50 bits per heavy atom. The Hall–Kier alpha value is -1.10. The number of likely N-dealkylation sites (N-methyl/N-ethyl adjacent to an activating group) is 1. The number of carboxylic acid groups (broad SMARTS) is 1. The minimum atomic E-state index is -0.946. The van der Waals surface area contributed by atoms with E-state index in [1.54, 1.807) is 6.92 Å². The van der Waals surface area contributed by atoms with Crippen LogP contribution in [-0.2, 0) is 9.59 Å². The smallest absolute Gasteiger partial charge is 0.320 e. The number of carbonyl (C=O) groups excluding carboxylic acids is 1. The summed E-state index contributed by atoms with van der Waals surface area (Å²) in [6, 6.07) is -0.664. The number of carboxylic acids is 1. The average Bonchev–Trinajstić information content (AvgIpc) is 1.96. The largest absolute Gasteiger partial charge is 0.480 e. The van der Waals surface area contributed by atoms with Crippen molar-refractivity contribution in [1.29, 1.82) is 0 Å². The van der Waals surface area contributed by atoms with Crippen LogP contribution >= 0.6 is 0 Å². The molecule has 0 unspecified atom stereocenters. The zero-order chi connectivity index (χ0) is 9.56. The monoisotopic (exact) mass is 174 g/mol. The van der Waals surface area contributed by atoms with Gasteiger partial charge in [0.1, 0.15) is 6.04 Å². The van der Waals surface area contributed by atoms with Gasteiger partial charge in [0.05, 0.1) is 0 Å². The van der Waals surface area contributed by atoms with Gasteiger partial charge < -0.3 is 16.2 Å². The normalized spacial score (nSPS) is 12.4. The Kier molecular flexibility index (Phi) is 5.03. The summed E-state index contributed by atoms with van der Waals surface area (Å²) in [7, 11) is 0. The van der Waals surface area contributed by atoms with E-state index in [2.05, 4.69) is 5.32 Å². The predicted molar refractivity (Wildman–Crippen MR) is 43.5 cm³/mol. The molecule has 5 heteroatoms. The van der Waals surface area contributed by atoms with Crippen LogP contribution in [0.3, 0.4) is 0 Å². The summed E-state index contributed by atoms with van der Waals surface area (Å²) in [6.07, 6.45) is 0.350. The molecule has 0 aliphatic rings.